The van der Waals surface area contributed by atoms with Crippen LogP contribution in [0.2, 0.25) is 0 Å². The van der Waals surface area contributed by atoms with E-state index in [2.05, 4.69) is 35.5 Å². The van der Waals surface area contributed by atoms with Gasteiger partial charge in [0, 0.05) is 30.0 Å². The number of thiophene rings is 1. The lowest BCUT2D eigenvalue weighted by Gasteiger charge is -2.18. The Morgan fingerprint density at radius 1 is 1.07 bits per heavy atom. The Labute approximate surface area is 171 Å². The molecule has 2 aromatic carbocycles. The number of hydrogen-bond donors (Lipinski definition) is 0. The Balaban J connectivity index is 1.74. The maximum absolute atomic E-state index is 8.63. The molecule has 0 radical (unpaired) electrons. The lowest BCUT2D eigenvalue weighted by atomic mass is 9.88. The number of para-hydroxylation sites is 1. The molecule has 0 amide bonds. The molecular weight excluding hydrogens is 362 g/mol. The van der Waals surface area contributed by atoms with Crippen molar-refractivity contribution in [3.63, 3.8) is 0 Å². The van der Waals surface area contributed by atoms with Crippen molar-refractivity contribution in [2.45, 2.75) is 34.1 Å². The Kier molecular flexibility index (Phi) is 3.38. The van der Waals surface area contributed by atoms with Gasteiger partial charge in [0.1, 0.15) is 11.2 Å². The first-order valence-corrected chi connectivity index (χ1v) is 10.3. The summed E-state index contributed by atoms with van der Waals surface area (Å²) in [5.41, 5.74) is 4.64. The number of nitrogens with zero attached hydrogens (tertiary/aromatic N) is 1. The fraction of sp³-hybridized carbons (Fsp3) is 0.240. The van der Waals surface area contributed by atoms with Crippen LogP contribution in [0.3, 0.4) is 0 Å². The van der Waals surface area contributed by atoms with Gasteiger partial charge in [-0.3, -0.25) is 4.98 Å². The molecule has 0 N–H and O–H groups in total. The molecule has 0 fully saturated rings. The van der Waals surface area contributed by atoms with Gasteiger partial charge in [-0.2, -0.15) is 0 Å². The number of aryl methyl sites for hydroxylation is 1. The average molecular weight is 388 g/mol. The van der Waals surface area contributed by atoms with Crippen LogP contribution >= 0.6 is 11.3 Å². The highest BCUT2D eigenvalue weighted by Crippen LogP contribution is 2.39. The summed E-state index contributed by atoms with van der Waals surface area (Å²) in [5, 5.41) is 5.56. The van der Waals surface area contributed by atoms with Crippen molar-refractivity contribution in [2.75, 3.05) is 0 Å². The third kappa shape index (κ3) is 2.91. The van der Waals surface area contributed by atoms with E-state index in [9.17, 15) is 0 Å². The standard InChI is InChI=1S/C25H23NOS/c1-15-14-28-23-12-20-17-6-5-7-18(24(17)27-22(20)11-19(15)23)21-10-16(8-9-26-21)13-25(2,3)4/h5-12,14H,13H2,1-4H3/i13D2. The van der Waals surface area contributed by atoms with Crippen molar-refractivity contribution >= 4 is 43.4 Å². The Bertz CT molecular complexity index is 1420. The van der Waals surface area contributed by atoms with Crippen LogP contribution < -0.4 is 0 Å². The maximum Gasteiger partial charge on any atom is 0.144 e. The van der Waals surface area contributed by atoms with Gasteiger partial charge in [0.2, 0.25) is 0 Å². The normalized spacial score (nSPS) is 14.0. The van der Waals surface area contributed by atoms with Crippen molar-refractivity contribution in [1.29, 1.82) is 0 Å². The van der Waals surface area contributed by atoms with E-state index in [4.69, 9.17) is 7.16 Å². The van der Waals surface area contributed by atoms with Crippen molar-refractivity contribution in [2.24, 2.45) is 5.41 Å². The zero-order valence-electron chi connectivity index (χ0n) is 18.5. The molecule has 0 atom stereocenters. The summed E-state index contributed by atoms with van der Waals surface area (Å²) in [5.74, 6) is 0. The molecule has 28 heavy (non-hydrogen) atoms. The minimum atomic E-state index is -1.48. The first-order chi connectivity index (χ1) is 14.2. The average Bonchev–Trinajstić information content (AvgIpc) is 3.25. The Morgan fingerprint density at radius 2 is 1.93 bits per heavy atom. The number of hydrogen-bond acceptors (Lipinski definition) is 3. The SMILES string of the molecule is [2H]C([2H])(c1ccnc(-c2cccc3c2oc2cc4c(C)csc4cc23)c1)C(C)(C)C. The molecule has 3 aromatic heterocycles. The van der Waals surface area contributed by atoms with E-state index in [1.807, 2.05) is 39.0 Å². The van der Waals surface area contributed by atoms with Crippen LogP contribution in [0.4, 0.5) is 0 Å². The van der Waals surface area contributed by atoms with Gasteiger partial charge in [-0.15, -0.1) is 11.3 Å². The first kappa shape index (κ1) is 15.3. The van der Waals surface area contributed by atoms with Crippen LogP contribution in [-0.4, -0.2) is 4.98 Å². The number of rotatable bonds is 2. The molecule has 2 nitrogen and oxygen atoms in total. The van der Waals surface area contributed by atoms with Crippen molar-refractivity contribution in [1.82, 2.24) is 4.98 Å². The molecule has 3 heteroatoms. The number of benzene rings is 2. The van der Waals surface area contributed by atoms with E-state index in [0.29, 0.717) is 5.56 Å². The third-order valence-electron chi connectivity index (χ3n) is 4.94. The Morgan fingerprint density at radius 3 is 2.75 bits per heavy atom. The highest BCUT2D eigenvalue weighted by molar-refractivity contribution is 7.17. The monoisotopic (exact) mass is 387 g/mol. The fourth-order valence-electron chi connectivity index (χ4n) is 3.74. The summed E-state index contributed by atoms with van der Waals surface area (Å²) in [6, 6.07) is 14.1. The molecule has 140 valence electrons. The number of pyridine rings is 1. The molecule has 0 saturated heterocycles. The predicted molar refractivity (Wildman–Crippen MR) is 120 cm³/mol. The molecule has 0 spiro atoms. The fourth-order valence-corrected chi connectivity index (χ4v) is 4.70. The second-order valence-electron chi connectivity index (χ2n) is 8.35. The van der Waals surface area contributed by atoms with Gasteiger partial charge in [0.05, 0.1) is 5.69 Å². The molecule has 5 aromatic rings. The summed E-state index contributed by atoms with van der Waals surface area (Å²) >= 11 is 1.75. The van der Waals surface area contributed by atoms with Gasteiger partial charge in [-0.1, -0.05) is 32.9 Å². The van der Waals surface area contributed by atoms with Gasteiger partial charge < -0.3 is 4.42 Å². The summed E-state index contributed by atoms with van der Waals surface area (Å²) in [4.78, 5) is 4.56. The molecule has 3 heterocycles. The quantitative estimate of drug-likeness (QED) is 0.309. The lowest BCUT2D eigenvalue weighted by Crippen LogP contribution is -2.09. The molecular formula is C25H23NOS. The van der Waals surface area contributed by atoms with E-state index in [1.54, 1.807) is 23.6 Å². The number of fused-ring (bicyclic) bond motifs is 4. The van der Waals surface area contributed by atoms with E-state index >= 15 is 0 Å². The topological polar surface area (TPSA) is 26.0 Å². The van der Waals surface area contributed by atoms with Crippen LogP contribution in [0.25, 0.3) is 43.3 Å². The van der Waals surface area contributed by atoms with Gasteiger partial charge in [-0.25, -0.2) is 0 Å². The first-order valence-electron chi connectivity index (χ1n) is 10.5. The van der Waals surface area contributed by atoms with Crippen LogP contribution in [0, 0.1) is 12.3 Å². The van der Waals surface area contributed by atoms with Crippen molar-refractivity contribution in [3.8, 4) is 11.3 Å². The maximum atomic E-state index is 8.63. The van der Waals surface area contributed by atoms with E-state index in [-0.39, 0.29) is 0 Å². The van der Waals surface area contributed by atoms with Crippen LogP contribution in [0.5, 0.6) is 0 Å². The summed E-state index contributed by atoms with van der Waals surface area (Å²) < 4.78 is 24.9. The minimum Gasteiger partial charge on any atom is -0.455 e. The van der Waals surface area contributed by atoms with E-state index in [1.165, 1.54) is 15.6 Å². The zero-order valence-corrected chi connectivity index (χ0v) is 17.3. The Hall–Kier alpha value is -2.65. The highest BCUT2D eigenvalue weighted by atomic mass is 32.1. The number of furan rings is 1. The second kappa shape index (κ2) is 6.18. The predicted octanol–water partition coefficient (Wildman–Crippen LogP) is 7.76. The van der Waals surface area contributed by atoms with Gasteiger partial charge in [0.15, 0.2) is 0 Å². The molecule has 0 saturated carbocycles. The van der Waals surface area contributed by atoms with E-state index in [0.717, 1.165) is 33.2 Å². The summed E-state index contributed by atoms with van der Waals surface area (Å²) in [6.45, 7) is 7.87. The van der Waals surface area contributed by atoms with Crippen molar-refractivity contribution in [3.05, 3.63) is 65.2 Å². The molecule has 0 unspecified atom stereocenters. The van der Waals surface area contributed by atoms with Crippen LogP contribution in [-0.2, 0) is 6.37 Å². The van der Waals surface area contributed by atoms with Gasteiger partial charge in [-0.05, 0) is 70.9 Å². The second-order valence-corrected chi connectivity index (χ2v) is 9.26. The molecule has 0 aliphatic heterocycles. The zero-order chi connectivity index (χ0) is 21.3. The third-order valence-corrected chi connectivity index (χ3v) is 6.00. The van der Waals surface area contributed by atoms with Crippen molar-refractivity contribution < 1.29 is 7.16 Å². The largest absolute Gasteiger partial charge is 0.455 e. The van der Waals surface area contributed by atoms with Crippen LogP contribution in [0.15, 0.2) is 58.5 Å². The van der Waals surface area contributed by atoms with Crippen LogP contribution in [0.1, 0.15) is 34.6 Å². The lowest BCUT2D eigenvalue weighted by molar-refractivity contribution is 0.411. The summed E-state index contributed by atoms with van der Waals surface area (Å²) in [7, 11) is 0. The minimum absolute atomic E-state index is 0.527. The number of aromatic nitrogens is 1. The molecule has 0 aliphatic rings. The highest BCUT2D eigenvalue weighted by Gasteiger charge is 2.16. The molecule has 0 aliphatic carbocycles. The molecule has 5 rings (SSSR count). The van der Waals surface area contributed by atoms with Gasteiger partial charge in [0.25, 0.3) is 0 Å². The van der Waals surface area contributed by atoms with Gasteiger partial charge >= 0.3 is 0 Å². The smallest absolute Gasteiger partial charge is 0.144 e. The summed E-state index contributed by atoms with van der Waals surface area (Å²) in [6.07, 6.45) is 0.212. The van der Waals surface area contributed by atoms with E-state index < -0.39 is 11.8 Å². The molecule has 0 bridgehead atoms.